The SMILES string of the molecule is COc1ccc(S(=O)(=O)N(N=C(C)C)[C@@H]2CCS(=O)(=O)C2)cc1NC(C)=O. The zero-order valence-corrected chi connectivity index (χ0v) is 17.2. The van der Waals surface area contributed by atoms with E-state index in [-0.39, 0.29) is 34.4 Å². The molecule has 1 saturated heterocycles. The molecule has 11 heteroatoms. The van der Waals surface area contributed by atoms with Crippen LogP contribution in [0.4, 0.5) is 5.69 Å². The number of sulfonamides is 1. The van der Waals surface area contributed by atoms with Crippen molar-refractivity contribution in [3.05, 3.63) is 18.2 Å². The van der Waals surface area contributed by atoms with Crippen LogP contribution in [0.5, 0.6) is 5.75 Å². The number of anilines is 1. The summed E-state index contributed by atoms with van der Waals surface area (Å²) >= 11 is 0. The quantitative estimate of drug-likeness (QED) is 0.549. The minimum atomic E-state index is -4.14. The van der Waals surface area contributed by atoms with E-state index in [2.05, 4.69) is 10.4 Å². The molecule has 150 valence electrons. The maximum Gasteiger partial charge on any atom is 0.279 e. The molecule has 0 aromatic heterocycles. The van der Waals surface area contributed by atoms with Crippen molar-refractivity contribution in [3.8, 4) is 5.75 Å². The summed E-state index contributed by atoms with van der Waals surface area (Å²) in [4.78, 5) is 11.3. The number of rotatable bonds is 6. The molecule has 1 aliphatic rings. The Morgan fingerprint density at radius 2 is 1.96 bits per heavy atom. The molecular weight excluding hydrogens is 394 g/mol. The average Bonchev–Trinajstić information content (AvgIpc) is 2.91. The molecule has 0 bridgehead atoms. The van der Waals surface area contributed by atoms with Crippen LogP contribution in [0.15, 0.2) is 28.2 Å². The molecule has 0 spiro atoms. The summed E-state index contributed by atoms with van der Waals surface area (Å²) in [5, 5.41) is 6.61. The predicted molar refractivity (Wildman–Crippen MR) is 102 cm³/mol. The molecule has 0 radical (unpaired) electrons. The van der Waals surface area contributed by atoms with Gasteiger partial charge in [-0.05, 0) is 38.5 Å². The van der Waals surface area contributed by atoms with E-state index in [4.69, 9.17) is 4.74 Å². The zero-order valence-electron chi connectivity index (χ0n) is 15.6. The van der Waals surface area contributed by atoms with Crippen LogP contribution in [0.1, 0.15) is 27.2 Å². The third-order valence-electron chi connectivity index (χ3n) is 3.85. The molecule has 1 atom stereocenters. The maximum absolute atomic E-state index is 13.2. The average molecular weight is 418 g/mol. The minimum Gasteiger partial charge on any atom is -0.495 e. The molecule has 0 aliphatic carbocycles. The smallest absolute Gasteiger partial charge is 0.279 e. The number of hydrogen-bond donors (Lipinski definition) is 1. The van der Waals surface area contributed by atoms with Crippen molar-refractivity contribution < 1.29 is 26.4 Å². The summed E-state index contributed by atoms with van der Waals surface area (Å²) in [6, 6.07) is 3.24. The number of benzene rings is 1. The molecular formula is C16H23N3O6S2. The highest BCUT2D eigenvalue weighted by Crippen LogP contribution is 2.31. The fraction of sp³-hybridized carbons (Fsp3) is 0.500. The number of nitrogens with one attached hydrogen (secondary N) is 1. The molecule has 1 N–H and O–H groups in total. The second kappa shape index (κ2) is 7.85. The normalized spacial score (nSPS) is 18.6. The van der Waals surface area contributed by atoms with Crippen molar-refractivity contribution in [1.29, 1.82) is 0 Å². The van der Waals surface area contributed by atoms with Crippen LogP contribution in [0.25, 0.3) is 0 Å². The van der Waals surface area contributed by atoms with Gasteiger partial charge in [0.15, 0.2) is 9.84 Å². The van der Waals surface area contributed by atoms with Gasteiger partial charge in [0.25, 0.3) is 10.0 Å². The number of hydrazone groups is 1. The molecule has 1 amide bonds. The Bertz CT molecular complexity index is 966. The third kappa shape index (κ3) is 4.98. The highest BCUT2D eigenvalue weighted by atomic mass is 32.2. The molecule has 0 unspecified atom stereocenters. The summed E-state index contributed by atoms with van der Waals surface area (Å²) in [5.74, 6) is -0.447. The van der Waals surface area contributed by atoms with Gasteiger partial charge in [-0.1, -0.05) is 0 Å². The Morgan fingerprint density at radius 1 is 1.30 bits per heavy atom. The first kappa shape index (κ1) is 21.2. The van der Waals surface area contributed by atoms with Crippen molar-refractivity contribution >= 4 is 37.2 Å². The van der Waals surface area contributed by atoms with Gasteiger partial charge in [0.05, 0.1) is 35.2 Å². The van der Waals surface area contributed by atoms with Crippen molar-refractivity contribution in [1.82, 2.24) is 4.41 Å². The van der Waals surface area contributed by atoms with Gasteiger partial charge in [0.2, 0.25) is 5.91 Å². The van der Waals surface area contributed by atoms with Gasteiger partial charge < -0.3 is 10.1 Å². The highest BCUT2D eigenvalue weighted by Gasteiger charge is 2.38. The number of hydrogen-bond acceptors (Lipinski definition) is 7. The summed E-state index contributed by atoms with van der Waals surface area (Å²) < 4.78 is 56.0. The standard InChI is InChI=1S/C16H23N3O6S2/c1-11(2)18-19(13-7-8-26(21,22)10-13)27(23,24)14-5-6-16(25-4)15(9-14)17-12(3)20/h5-6,9,13H,7-8,10H2,1-4H3,(H,17,20)/t13-/m1/s1. The second-order valence-electron chi connectivity index (χ2n) is 6.42. The first-order valence-corrected chi connectivity index (χ1v) is 11.4. The molecule has 2 rings (SSSR count). The molecule has 0 saturated carbocycles. The number of carbonyl (C=O) groups excluding carboxylic acids is 1. The lowest BCUT2D eigenvalue weighted by Crippen LogP contribution is -2.37. The highest BCUT2D eigenvalue weighted by molar-refractivity contribution is 7.92. The van der Waals surface area contributed by atoms with Gasteiger partial charge in [-0.3, -0.25) is 4.79 Å². The number of carbonyl (C=O) groups is 1. The number of methoxy groups -OCH3 is 1. The fourth-order valence-corrected chi connectivity index (χ4v) is 6.07. The van der Waals surface area contributed by atoms with E-state index in [1.54, 1.807) is 13.8 Å². The van der Waals surface area contributed by atoms with Crippen LogP contribution in [0.2, 0.25) is 0 Å². The van der Waals surface area contributed by atoms with Gasteiger partial charge in [0.1, 0.15) is 5.75 Å². The topological polar surface area (TPSA) is 122 Å². The van der Waals surface area contributed by atoms with Gasteiger partial charge in [-0.2, -0.15) is 17.9 Å². The van der Waals surface area contributed by atoms with Crippen LogP contribution < -0.4 is 10.1 Å². The van der Waals surface area contributed by atoms with E-state index in [1.165, 1.54) is 32.2 Å². The summed E-state index contributed by atoms with van der Waals surface area (Å²) in [6.45, 7) is 4.55. The van der Waals surface area contributed by atoms with E-state index < -0.39 is 25.9 Å². The number of sulfone groups is 1. The fourth-order valence-electron chi connectivity index (χ4n) is 2.72. The van der Waals surface area contributed by atoms with Crippen LogP contribution in [-0.2, 0) is 24.7 Å². The van der Waals surface area contributed by atoms with Crippen LogP contribution >= 0.6 is 0 Å². The number of nitrogens with zero attached hydrogens (tertiary/aromatic N) is 2. The lowest BCUT2D eigenvalue weighted by atomic mass is 10.3. The largest absolute Gasteiger partial charge is 0.495 e. The molecule has 1 aromatic rings. The van der Waals surface area contributed by atoms with Gasteiger partial charge in [-0.15, -0.1) is 0 Å². The predicted octanol–water partition coefficient (Wildman–Crippen LogP) is 1.23. The van der Waals surface area contributed by atoms with Crippen molar-refractivity contribution in [2.24, 2.45) is 5.10 Å². The summed E-state index contributed by atoms with van der Waals surface area (Å²) in [5.41, 5.74) is 0.667. The van der Waals surface area contributed by atoms with Crippen molar-refractivity contribution in [2.45, 2.75) is 38.1 Å². The lowest BCUT2D eigenvalue weighted by Gasteiger charge is -2.25. The van der Waals surface area contributed by atoms with E-state index in [0.29, 0.717) is 11.5 Å². The Labute approximate surface area is 159 Å². The van der Waals surface area contributed by atoms with Crippen molar-refractivity contribution in [3.63, 3.8) is 0 Å². The van der Waals surface area contributed by atoms with Crippen LogP contribution in [-0.4, -0.2) is 57.5 Å². The Balaban J connectivity index is 2.52. The Hall–Kier alpha value is -2.14. The second-order valence-corrected chi connectivity index (χ2v) is 10.4. The third-order valence-corrected chi connectivity index (χ3v) is 7.32. The van der Waals surface area contributed by atoms with Crippen LogP contribution in [0.3, 0.4) is 0 Å². The first-order valence-electron chi connectivity index (χ1n) is 8.18. The molecule has 1 aliphatic heterocycles. The van der Waals surface area contributed by atoms with E-state index in [1.807, 2.05) is 0 Å². The molecule has 1 fully saturated rings. The van der Waals surface area contributed by atoms with E-state index in [9.17, 15) is 21.6 Å². The van der Waals surface area contributed by atoms with E-state index >= 15 is 0 Å². The minimum absolute atomic E-state index is 0.0816. The summed E-state index contributed by atoms with van der Waals surface area (Å²) in [7, 11) is -6.05. The number of amides is 1. The first-order chi connectivity index (χ1) is 12.5. The van der Waals surface area contributed by atoms with Gasteiger partial charge in [-0.25, -0.2) is 8.42 Å². The monoisotopic (exact) mass is 417 g/mol. The zero-order chi connectivity index (χ0) is 20.4. The molecule has 9 nitrogen and oxygen atoms in total. The van der Waals surface area contributed by atoms with E-state index in [0.717, 1.165) is 4.41 Å². The molecule has 1 aromatic carbocycles. The molecule has 1 heterocycles. The van der Waals surface area contributed by atoms with Gasteiger partial charge in [0, 0.05) is 12.6 Å². The van der Waals surface area contributed by atoms with Crippen molar-refractivity contribution in [2.75, 3.05) is 23.9 Å². The van der Waals surface area contributed by atoms with Crippen LogP contribution in [0, 0.1) is 0 Å². The van der Waals surface area contributed by atoms with Gasteiger partial charge >= 0.3 is 0 Å². The maximum atomic E-state index is 13.2. The summed E-state index contributed by atoms with van der Waals surface area (Å²) in [6.07, 6.45) is 0.174. The lowest BCUT2D eigenvalue weighted by molar-refractivity contribution is -0.114. The Kier molecular flexibility index (Phi) is 6.15. The Morgan fingerprint density at radius 3 is 2.44 bits per heavy atom. The number of ether oxygens (including phenoxy) is 1. The molecule has 27 heavy (non-hydrogen) atoms.